The number of carbonyl (C=O) groups excluding carboxylic acids is 1. The number of hydrogen-bond acceptors (Lipinski definition) is 3. The predicted molar refractivity (Wildman–Crippen MR) is 75.7 cm³/mol. The summed E-state index contributed by atoms with van der Waals surface area (Å²) >= 11 is 0. The first-order valence-corrected chi connectivity index (χ1v) is 7.33. The fourth-order valence-corrected chi connectivity index (χ4v) is 2.68. The Labute approximate surface area is 120 Å². The number of nitrogens with zero attached hydrogens (tertiary/aromatic N) is 1. The fourth-order valence-electron chi connectivity index (χ4n) is 2.68. The van der Waals surface area contributed by atoms with Crippen LogP contribution in [0.3, 0.4) is 0 Å². The van der Waals surface area contributed by atoms with Gasteiger partial charge in [-0.2, -0.15) is 0 Å². The van der Waals surface area contributed by atoms with Crippen LogP contribution in [0.1, 0.15) is 39.0 Å². The largest absolute Gasteiger partial charge is 0.481 e. The van der Waals surface area contributed by atoms with Crippen LogP contribution in [-0.4, -0.2) is 54.9 Å². The van der Waals surface area contributed by atoms with Crippen molar-refractivity contribution in [2.24, 2.45) is 5.92 Å². The van der Waals surface area contributed by atoms with Gasteiger partial charge in [-0.1, -0.05) is 13.3 Å². The highest BCUT2D eigenvalue weighted by atomic mass is 16.5. The molecule has 2 unspecified atom stereocenters. The van der Waals surface area contributed by atoms with Gasteiger partial charge >= 0.3 is 12.0 Å². The molecule has 2 N–H and O–H groups in total. The van der Waals surface area contributed by atoms with E-state index in [9.17, 15) is 9.59 Å². The van der Waals surface area contributed by atoms with Crippen molar-refractivity contribution >= 4 is 12.0 Å². The van der Waals surface area contributed by atoms with E-state index >= 15 is 0 Å². The van der Waals surface area contributed by atoms with E-state index in [4.69, 9.17) is 9.84 Å². The second kappa shape index (κ2) is 8.79. The number of ether oxygens (including phenoxy) is 1. The van der Waals surface area contributed by atoms with Gasteiger partial charge in [0.25, 0.3) is 0 Å². The first-order chi connectivity index (χ1) is 9.56. The zero-order chi connectivity index (χ0) is 15.0. The standard InChI is InChI=1S/C14H26N2O4/c1-3-5-12(10-20-2)15-14(19)16-7-4-6-11(9-16)8-13(17)18/h11-12H,3-10H2,1-2H3,(H,15,19)(H,17,18). The molecule has 6 heteroatoms. The molecule has 0 aromatic heterocycles. The van der Waals surface area contributed by atoms with Crippen molar-refractivity contribution in [2.45, 2.75) is 45.1 Å². The summed E-state index contributed by atoms with van der Waals surface area (Å²) in [6, 6.07) is -0.0760. The Balaban J connectivity index is 2.46. The molecule has 0 aromatic rings. The van der Waals surface area contributed by atoms with Crippen LogP contribution in [-0.2, 0) is 9.53 Å². The number of carboxylic acid groups (broad SMARTS) is 1. The van der Waals surface area contributed by atoms with Gasteiger partial charge in [0.05, 0.1) is 12.6 Å². The minimum atomic E-state index is -0.791. The maximum Gasteiger partial charge on any atom is 0.317 e. The molecule has 0 saturated carbocycles. The van der Waals surface area contributed by atoms with Crippen molar-refractivity contribution in [1.82, 2.24) is 10.2 Å². The fraction of sp³-hybridized carbons (Fsp3) is 0.857. The summed E-state index contributed by atoms with van der Waals surface area (Å²) in [5.74, 6) is -0.723. The molecule has 0 spiro atoms. The van der Waals surface area contributed by atoms with E-state index in [-0.39, 0.29) is 24.4 Å². The Morgan fingerprint density at radius 2 is 2.25 bits per heavy atom. The Morgan fingerprint density at radius 3 is 2.85 bits per heavy atom. The van der Waals surface area contributed by atoms with E-state index < -0.39 is 5.97 Å². The topological polar surface area (TPSA) is 78.9 Å². The summed E-state index contributed by atoms with van der Waals surface area (Å²) in [4.78, 5) is 24.7. The summed E-state index contributed by atoms with van der Waals surface area (Å²) in [5, 5.41) is 11.8. The first kappa shape index (κ1) is 16.8. The maximum absolute atomic E-state index is 12.2. The number of carbonyl (C=O) groups is 2. The molecule has 0 aromatic carbocycles. The lowest BCUT2D eigenvalue weighted by molar-refractivity contribution is -0.138. The smallest absolute Gasteiger partial charge is 0.317 e. The molecule has 1 aliphatic heterocycles. The molecule has 2 amide bonds. The van der Waals surface area contributed by atoms with Crippen molar-refractivity contribution < 1.29 is 19.4 Å². The van der Waals surface area contributed by atoms with Crippen LogP contribution in [0.4, 0.5) is 4.79 Å². The Kier molecular flexibility index (Phi) is 7.36. The third kappa shape index (κ3) is 5.77. The second-order valence-corrected chi connectivity index (χ2v) is 5.44. The molecule has 0 bridgehead atoms. The zero-order valence-corrected chi connectivity index (χ0v) is 12.4. The van der Waals surface area contributed by atoms with Crippen LogP contribution in [0.15, 0.2) is 0 Å². The van der Waals surface area contributed by atoms with Gasteiger partial charge in [-0.3, -0.25) is 4.79 Å². The van der Waals surface area contributed by atoms with Crippen LogP contribution < -0.4 is 5.32 Å². The van der Waals surface area contributed by atoms with Gasteiger partial charge in [0.1, 0.15) is 0 Å². The molecular weight excluding hydrogens is 260 g/mol. The Hall–Kier alpha value is -1.30. The lowest BCUT2D eigenvalue weighted by Gasteiger charge is -2.33. The lowest BCUT2D eigenvalue weighted by atomic mass is 9.95. The van der Waals surface area contributed by atoms with Gasteiger partial charge in [-0.05, 0) is 25.2 Å². The summed E-state index contributed by atoms with van der Waals surface area (Å²) in [5.41, 5.74) is 0. The van der Waals surface area contributed by atoms with E-state index in [1.807, 2.05) is 0 Å². The second-order valence-electron chi connectivity index (χ2n) is 5.44. The average Bonchev–Trinajstić information content (AvgIpc) is 2.38. The average molecular weight is 286 g/mol. The molecule has 1 fully saturated rings. The molecule has 0 aliphatic carbocycles. The number of amides is 2. The van der Waals surface area contributed by atoms with E-state index in [1.54, 1.807) is 12.0 Å². The van der Waals surface area contributed by atoms with E-state index in [0.717, 1.165) is 25.7 Å². The molecule has 1 heterocycles. The van der Waals surface area contributed by atoms with E-state index in [2.05, 4.69) is 12.2 Å². The van der Waals surface area contributed by atoms with E-state index in [0.29, 0.717) is 19.7 Å². The molecular formula is C14H26N2O4. The summed E-state index contributed by atoms with van der Waals surface area (Å²) < 4.78 is 5.11. The van der Waals surface area contributed by atoms with E-state index in [1.165, 1.54) is 0 Å². The third-order valence-corrected chi connectivity index (χ3v) is 3.60. The van der Waals surface area contributed by atoms with Gasteiger partial charge in [0.15, 0.2) is 0 Å². The molecule has 2 atom stereocenters. The molecule has 6 nitrogen and oxygen atoms in total. The molecule has 1 rings (SSSR count). The monoisotopic (exact) mass is 286 g/mol. The van der Waals surface area contributed by atoms with Crippen LogP contribution in [0, 0.1) is 5.92 Å². The highest BCUT2D eigenvalue weighted by Gasteiger charge is 2.26. The zero-order valence-electron chi connectivity index (χ0n) is 12.4. The molecule has 116 valence electrons. The summed E-state index contributed by atoms with van der Waals surface area (Å²) in [7, 11) is 1.62. The highest BCUT2D eigenvalue weighted by molar-refractivity contribution is 5.75. The number of methoxy groups -OCH3 is 1. The van der Waals surface area contributed by atoms with Crippen molar-refractivity contribution in [1.29, 1.82) is 0 Å². The van der Waals surface area contributed by atoms with Gasteiger partial charge in [0, 0.05) is 26.6 Å². The van der Waals surface area contributed by atoms with Gasteiger partial charge in [-0.15, -0.1) is 0 Å². The Bertz CT molecular complexity index is 316. The summed E-state index contributed by atoms with van der Waals surface area (Å²) in [6.07, 6.45) is 3.75. The van der Waals surface area contributed by atoms with Crippen molar-refractivity contribution in [3.05, 3.63) is 0 Å². The van der Waals surface area contributed by atoms with Gasteiger partial charge < -0.3 is 20.1 Å². The third-order valence-electron chi connectivity index (χ3n) is 3.60. The van der Waals surface area contributed by atoms with Crippen LogP contribution >= 0.6 is 0 Å². The van der Waals surface area contributed by atoms with Crippen LogP contribution in [0.25, 0.3) is 0 Å². The van der Waals surface area contributed by atoms with Crippen molar-refractivity contribution in [2.75, 3.05) is 26.8 Å². The van der Waals surface area contributed by atoms with Crippen molar-refractivity contribution in [3.63, 3.8) is 0 Å². The number of aliphatic carboxylic acids is 1. The number of likely N-dealkylation sites (tertiary alicyclic amines) is 1. The van der Waals surface area contributed by atoms with Crippen molar-refractivity contribution in [3.8, 4) is 0 Å². The molecule has 20 heavy (non-hydrogen) atoms. The number of piperidine rings is 1. The quantitative estimate of drug-likeness (QED) is 0.746. The SMILES string of the molecule is CCCC(COC)NC(=O)N1CCCC(CC(=O)O)C1. The minimum Gasteiger partial charge on any atom is -0.481 e. The number of urea groups is 1. The number of hydrogen-bond donors (Lipinski definition) is 2. The molecule has 1 saturated heterocycles. The highest BCUT2D eigenvalue weighted by Crippen LogP contribution is 2.19. The normalized spacial score (nSPS) is 20.5. The predicted octanol–water partition coefficient (Wildman–Crippen LogP) is 1.70. The van der Waals surface area contributed by atoms with Gasteiger partial charge in [0.2, 0.25) is 0 Å². The summed E-state index contributed by atoms with van der Waals surface area (Å²) in [6.45, 7) is 3.81. The number of nitrogens with one attached hydrogen (secondary N) is 1. The molecule has 1 aliphatic rings. The van der Waals surface area contributed by atoms with Crippen LogP contribution in [0.2, 0.25) is 0 Å². The minimum absolute atomic E-state index is 0.0253. The number of carboxylic acids is 1. The first-order valence-electron chi connectivity index (χ1n) is 7.33. The Morgan fingerprint density at radius 1 is 1.50 bits per heavy atom. The van der Waals surface area contributed by atoms with Crippen LogP contribution in [0.5, 0.6) is 0 Å². The number of rotatable bonds is 7. The maximum atomic E-state index is 12.2. The lowest BCUT2D eigenvalue weighted by Crippen LogP contribution is -2.49. The van der Waals surface area contributed by atoms with Gasteiger partial charge in [-0.25, -0.2) is 4.79 Å². The molecule has 0 radical (unpaired) electrons.